The van der Waals surface area contributed by atoms with E-state index in [-0.39, 0.29) is 18.0 Å². The zero-order chi connectivity index (χ0) is 14.8. The standard InChI is InChI=1S/C14H31N3OS/c1-5-11(4)13(17-8-12(15)9-19)14(18)16-7-6-10(2)3/h10-13,17,19H,5-9,15H2,1-4H3,(H,16,18). The van der Waals surface area contributed by atoms with Crippen LogP contribution in [0.25, 0.3) is 0 Å². The fraction of sp³-hybridized carbons (Fsp3) is 0.929. The SMILES string of the molecule is CCC(C)C(NCC(N)CS)C(=O)NCCC(C)C. The molecule has 0 aromatic carbocycles. The van der Waals surface area contributed by atoms with Gasteiger partial charge < -0.3 is 16.4 Å². The van der Waals surface area contributed by atoms with Gasteiger partial charge in [-0.15, -0.1) is 0 Å². The van der Waals surface area contributed by atoms with E-state index in [1.54, 1.807) is 0 Å². The van der Waals surface area contributed by atoms with Crippen molar-refractivity contribution in [3.63, 3.8) is 0 Å². The van der Waals surface area contributed by atoms with Crippen LogP contribution >= 0.6 is 12.6 Å². The van der Waals surface area contributed by atoms with Gasteiger partial charge in [0.25, 0.3) is 0 Å². The number of carbonyl (C=O) groups excluding carboxylic acids is 1. The summed E-state index contributed by atoms with van der Waals surface area (Å²) in [6.45, 7) is 9.86. The second kappa shape index (κ2) is 10.5. The van der Waals surface area contributed by atoms with Crippen LogP contribution in [0.15, 0.2) is 0 Å². The predicted octanol–water partition coefficient (Wildman–Crippen LogP) is 1.41. The first-order valence-electron chi connectivity index (χ1n) is 7.29. The lowest BCUT2D eigenvalue weighted by Crippen LogP contribution is -2.51. The molecule has 0 heterocycles. The van der Waals surface area contributed by atoms with Gasteiger partial charge in [-0.25, -0.2) is 0 Å². The smallest absolute Gasteiger partial charge is 0.237 e. The molecule has 4 nitrogen and oxygen atoms in total. The minimum atomic E-state index is -0.164. The van der Waals surface area contributed by atoms with Crippen LogP contribution in [0.5, 0.6) is 0 Å². The topological polar surface area (TPSA) is 67.1 Å². The van der Waals surface area contributed by atoms with Crippen molar-refractivity contribution in [3.05, 3.63) is 0 Å². The molecular formula is C14H31N3OS. The zero-order valence-electron chi connectivity index (χ0n) is 12.8. The van der Waals surface area contributed by atoms with Gasteiger partial charge in [0.1, 0.15) is 0 Å². The van der Waals surface area contributed by atoms with Crippen LogP contribution in [-0.2, 0) is 4.79 Å². The van der Waals surface area contributed by atoms with Gasteiger partial charge in [0.2, 0.25) is 5.91 Å². The van der Waals surface area contributed by atoms with E-state index in [4.69, 9.17) is 5.73 Å². The Hall–Kier alpha value is -0.260. The van der Waals surface area contributed by atoms with E-state index in [1.165, 1.54) is 0 Å². The van der Waals surface area contributed by atoms with Crippen LogP contribution in [0.1, 0.15) is 40.5 Å². The van der Waals surface area contributed by atoms with Crippen molar-refractivity contribution in [2.24, 2.45) is 17.6 Å². The molecule has 0 saturated carbocycles. The molecule has 0 aliphatic rings. The summed E-state index contributed by atoms with van der Waals surface area (Å²) in [7, 11) is 0. The summed E-state index contributed by atoms with van der Waals surface area (Å²) in [6.07, 6.45) is 1.97. The summed E-state index contributed by atoms with van der Waals surface area (Å²) in [5.41, 5.74) is 5.83. The number of hydrogen-bond acceptors (Lipinski definition) is 4. The van der Waals surface area contributed by atoms with E-state index in [1.807, 2.05) is 0 Å². The van der Waals surface area contributed by atoms with Crippen molar-refractivity contribution in [2.75, 3.05) is 18.8 Å². The number of hydrogen-bond donors (Lipinski definition) is 4. The van der Waals surface area contributed by atoms with Crippen LogP contribution in [0.4, 0.5) is 0 Å². The van der Waals surface area contributed by atoms with Gasteiger partial charge in [-0.2, -0.15) is 12.6 Å². The van der Waals surface area contributed by atoms with Crippen molar-refractivity contribution < 1.29 is 4.79 Å². The normalized spacial score (nSPS) is 16.2. The average molecular weight is 289 g/mol. The lowest BCUT2D eigenvalue weighted by molar-refractivity contribution is -0.124. The van der Waals surface area contributed by atoms with E-state index in [0.717, 1.165) is 19.4 Å². The van der Waals surface area contributed by atoms with Crippen LogP contribution in [0.2, 0.25) is 0 Å². The first-order chi connectivity index (χ1) is 8.92. The summed E-state index contributed by atoms with van der Waals surface area (Å²) in [4.78, 5) is 12.2. The number of thiol groups is 1. The van der Waals surface area contributed by atoms with Crippen molar-refractivity contribution in [2.45, 2.75) is 52.6 Å². The molecular weight excluding hydrogens is 258 g/mol. The number of carbonyl (C=O) groups is 1. The van der Waals surface area contributed by atoms with Gasteiger partial charge in [0, 0.05) is 24.9 Å². The molecule has 0 bridgehead atoms. The molecule has 4 N–H and O–H groups in total. The van der Waals surface area contributed by atoms with E-state index in [9.17, 15) is 4.79 Å². The molecule has 0 fully saturated rings. The lowest BCUT2D eigenvalue weighted by atomic mass is 9.98. The average Bonchev–Trinajstić information content (AvgIpc) is 2.37. The summed E-state index contributed by atoms with van der Waals surface area (Å²) >= 11 is 4.16. The van der Waals surface area contributed by atoms with Crippen LogP contribution in [0.3, 0.4) is 0 Å². The molecule has 114 valence electrons. The Kier molecular flexibility index (Phi) is 10.4. The molecule has 0 aliphatic heterocycles. The van der Waals surface area contributed by atoms with Crippen LogP contribution in [0, 0.1) is 11.8 Å². The van der Waals surface area contributed by atoms with Gasteiger partial charge in [0.15, 0.2) is 0 Å². The maximum Gasteiger partial charge on any atom is 0.237 e. The number of nitrogens with one attached hydrogen (secondary N) is 2. The third-order valence-corrected chi connectivity index (χ3v) is 3.82. The minimum Gasteiger partial charge on any atom is -0.355 e. The molecule has 0 aromatic heterocycles. The van der Waals surface area contributed by atoms with Gasteiger partial charge in [-0.05, 0) is 18.3 Å². The first-order valence-corrected chi connectivity index (χ1v) is 7.93. The third kappa shape index (κ3) is 8.50. The van der Waals surface area contributed by atoms with Crippen molar-refractivity contribution in [1.29, 1.82) is 0 Å². The quantitative estimate of drug-likeness (QED) is 0.460. The van der Waals surface area contributed by atoms with Gasteiger partial charge in [-0.1, -0.05) is 34.1 Å². The summed E-state index contributed by atoms with van der Waals surface area (Å²) < 4.78 is 0. The summed E-state index contributed by atoms with van der Waals surface area (Å²) in [5.74, 6) is 1.61. The molecule has 0 aromatic rings. The highest BCUT2D eigenvalue weighted by molar-refractivity contribution is 7.80. The van der Waals surface area contributed by atoms with Crippen molar-refractivity contribution >= 4 is 18.5 Å². The first kappa shape index (κ1) is 18.7. The fourth-order valence-corrected chi connectivity index (χ4v) is 1.85. The molecule has 19 heavy (non-hydrogen) atoms. The summed E-state index contributed by atoms with van der Waals surface area (Å²) in [5, 5.41) is 6.28. The molecule has 0 spiro atoms. The van der Waals surface area contributed by atoms with E-state index in [2.05, 4.69) is 51.0 Å². The van der Waals surface area contributed by atoms with E-state index >= 15 is 0 Å². The molecule has 0 radical (unpaired) electrons. The zero-order valence-corrected chi connectivity index (χ0v) is 13.7. The highest BCUT2D eigenvalue weighted by Gasteiger charge is 2.23. The Bertz CT molecular complexity index is 249. The Morgan fingerprint density at radius 1 is 1.32 bits per heavy atom. The summed E-state index contributed by atoms with van der Waals surface area (Å²) in [6, 6.07) is -0.179. The van der Waals surface area contributed by atoms with Gasteiger partial charge in [-0.3, -0.25) is 4.79 Å². The van der Waals surface area contributed by atoms with Crippen LogP contribution < -0.4 is 16.4 Å². The fourth-order valence-electron chi connectivity index (χ4n) is 1.72. The molecule has 3 atom stereocenters. The highest BCUT2D eigenvalue weighted by atomic mass is 32.1. The predicted molar refractivity (Wildman–Crippen MR) is 85.5 cm³/mol. The lowest BCUT2D eigenvalue weighted by Gasteiger charge is -2.25. The number of rotatable bonds is 10. The van der Waals surface area contributed by atoms with Crippen LogP contribution in [-0.4, -0.2) is 36.8 Å². The second-order valence-electron chi connectivity index (χ2n) is 5.69. The van der Waals surface area contributed by atoms with Crippen molar-refractivity contribution in [3.8, 4) is 0 Å². The molecule has 1 amide bonds. The Balaban J connectivity index is 4.27. The Labute approximate surface area is 123 Å². The Morgan fingerprint density at radius 2 is 1.95 bits per heavy atom. The minimum absolute atomic E-state index is 0.0154. The number of nitrogens with two attached hydrogens (primary N) is 1. The largest absolute Gasteiger partial charge is 0.355 e. The van der Waals surface area contributed by atoms with Gasteiger partial charge >= 0.3 is 0 Å². The molecule has 3 unspecified atom stereocenters. The maximum absolute atomic E-state index is 12.2. The maximum atomic E-state index is 12.2. The third-order valence-electron chi connectivity index (χ3n) is 3.35. The molecule has 0 saturated heterocycles. The Morgan fingerprint density at radius 3 is 2.42 bits per heavy atom. The number of amides is 1. The van der Waals surface area contributed by atoms with Gasteiger partial charge in [0.05, 0.1) is 6.04 Å². The van der Waals surface area contributed by atoms with E-state index < -0.39 is 0 Å². The van der Waals surface area contributed by atoms with Crippen molar-refractivity contribution in [1.82, 2.24) is 10.6 Å². The molecule has 5 heteroatoms. The molecule has 0 rings (SSSR count). The second-order valence-corrected chi connectivity index (χ2v) is 6.05. The molecule has 0 aliphatic carbocycles. The monoisotopic (exact) mass is 289 g/mol. The van der Waals surface area contributed by atoms with E-state index in [0.29, 0.717) is 24.1 Å². The highest BCUT2D eigenvalue weighted by Crippen LogP contribution is 2.08.